The second-order valence-corrected chi connectivity index (χ2v) is 7.01. The summed E-state index contributed by atoms with van der Waals surface area (Å²) in [5.41, 5.74) is 3.43. The summed E-state index contributed by atoms with van der Waals surface area (Å²) in [4.78, 5) is 11.9. The smallest absolute Gasteiger partial charge is 0.250 e. The highest BCUT2D eigenvalue weighted by molar-refractivity contribution is 9.10. The van der Waals surface area contributed by atoms with E-state index in [1.807, 2.05) is 35.8 Å². The SMILES string of the molecule is CCn1c(SCC(=O)NN=Cc2ccco2)nnc1-c1ccc(Br)cc1. The first-order valence-electron chi connectivity index (χ1n) is 7.84. The maximum Gasteiger partial charge on any atom is 0.250 e. The molecule has 0 fully saturated rings. The molecular formula is C17H16BrN5O2S. The third kappa shape index (κ3) is 4.61. The van der Waals surface area contributed by atoms with Gasteiger partial charge in [-0.1, -0.05) is 39.8 Å². The maximum atomic E-state index is 11.9. The number of furan rings is 1. The lowest BCUT2D eigenvalue weighted by molar-refractivity contribution is -0.118. The molecule has 0 saturated heterocycles. The lowest BCUT2D eigenvalue weighted by atomic mass is 10.2. The number of hydrogen-bond acceptors (Lipinski definition) is 6. The topological polar surface area (TPSA) is 85.3 Å². The fraction of sp³-hybridized carbons (Fsp3) is 0.176. The van der Waals surface area contributed by atoms with E-state index in [0.29, 0.717) is 17.5 Å². The highest BCUT2D eigenvalue weighted by atomic mass is 79.9. The van der Waals surface area contributed by atoms with Crippen LogP contribution in [0.3, 0.4) is 0 Å². The summed E-state index contributed by atoms with van der Waals surface area (Å²) in [6, 6.07) is 11.4. The number of hydrazone groups is 1. The van der Waals surface area contributed by atoms with Crippen molar-refractivity contribution in [2.24, 2.45) is 5.10 Å². The van der Waals surface area contributed by atoms with Crippen molar-refractivity contribution < 1.29 is 9.21 Å². The number of nitrogens with zero attached hydrogens (tertiary/aromatic N) is 4. The van der Waals surface area contributed by atoms with Crippen LogP contribution in [0.2, 0.25) is 0 Å². The van der Waals surface area contributed by atoms with Crippen LogP contribution in [0.1, 0.15) is 12.7 Å². The van der Waals surface area contributed by atoms with Gasteiger partial charge in [0.05, 0.1) is 18.2 Å². The normalized spacial score (nSPS) is 11.2. The van der Waals surface area contributed by atoms with E-state index in [0.717, 1.165) is 15.9 Å². The second kappa shape index (κ2) is 8.81. The predicted octanol–water partition coefficient (Wildman–Crippen LogP) is 3.56. The van der Waals surface area contributed by atoms with Crippen LogP contribution in [-0.4, -0.2) is 32.6 Å². The van der Waals surface area contributed by atoms with Crippen LogP contribution in [0, 0.1) is 0 Å². The van der Waals surface area contributed by atoms with Gasteiger partial charge in [-0.3, -0.25) is 4.79 Å². The number of rotatable bonds is 7. The van der Waals surface area contributed by atoms with E-state index < -0.39 is 0 Å². The molecule has 3 aromatic rings. The van der Waals surface area contributed by atoms with E-state index in [4.69, 9.17) is 4.42 Å². The molecule has 3 rings (SSSR count). The van der Waals surface area contributed by atoms with Crippen LogP contribution in [0.4, 0.5) is 0 Å². The molecule has 1 aromatic carbocycles. The van der Waals surface area contributed by atoms with Crippen molar-refractivity contribution in [3.8, 4) is 11.4 Å². The minimum absolute atomic E-state index is 0.188. The summed E-state index contributed by atoms with van der Waals surface area (Å²) >= 11 is 4.74. The number of carbonyl (C=O) groups is 1. The van der Waals surface area contributed by atoms with Crippen LogP contribution in [0.15, 0.2) is 61.8 Å². The van der Waals surface area contributed by atoms with Gasteiger partial charge >= 0.3 is 0 Å². The molecule has 0 aliphatic heterocycles. The molecule has 0 atom stereocenters. The molecule has 0 spiro atoms. The van der Waals surface area contributed by atoms with E-state index in [9.17, 15) is 4.79 Å². The molecule has 0 bridgehead atoms. The predicted molar refractivity (Wildman–Crippen MR) is 104 cm³/mol. The van der Waals surface area contributed by atoms with Crippen molar-refractivity contribution in [3.63, 3.8) is 0 Å². The molecule has 0 aliphatic rings. The molecule has 0 radical (unpaired) electrons. The highest BCUT2D eigenvalue weighted by Gasteiger charge is 2.14. The van der Waals surface area contributed by atoms with Gasteiger partial charge in [0, 0.05) is 16.6 Å². The largest absolute Gasteiger partial charge is 0.463 e. The molecule has 2 heterocycles. The minimum Gasteiger partial charge on any atom is -0.463 e. The maximum absolute atomic E-state index is 11.9. The Morgan fingerprint density at radius 1 is 1.35 bits per heavy atom. The number of amides is 1. The molecule has 134 valence electrons. The molecule has 7 nitrogen and oxygen atoms in total. The Morgan fingerprint density at radius 2 is 2.15 bits per heavy atom. The molecule has 0 unspecified atom stereocenters. The summed E-state index contributed by atoms with van der Waals surface area (Å²) in [6.07, 6.45) is 2.99. The van der Waals surface area contributed by atoms with Crippen molar-refractivity contribution in [2.75, 3.05) is 5.75 Å². The van der Waals surface area contributed by atoms with Gasteiger partial charge < -0.3 is 8.98 Å². The Bertz CT molecular complexity index is 891. The molecule has 1 amide bonds. The van der Waals surface area contributed by atoms with Crippen molar-refractivity contribution >= 4 is 39.8 Å². The zero-order valence-corrected chi connectivity index (χ0v) is 16.3. The van der Waals surface area contributed by atoms with Crippen LogP contribution >= 0.6 is 27.7 Å². The fourth-order valence-electron chi connectivity index (χ4n) is 2.19. The molecule has 9 heteroatoms. The number of halogens is 1. The lowest BCUT2D eigenvalue weighted by Crippen LogP contribution is -2.20. The summed E-state index contributed by atoms with van der Waals surface area (Å²) in [5, 5.41) is 13.0. The monoisotopic (exact) mass is 433 g/mol. The van der Waals surface area contributed by atoms with E-state index in [1.54, 1.807) is 18.4 Å². The number of hydrogen-bond donors (Lipinski definition) is 1. The summed E-state index contributed by atoms with van der Waals surface area (Å²) in [7, 11) is 0. The van der Waals surface area contributed by atoms with Crippen LogP contribution in [-0.2, 0) is 11.3 Å². The van der Waals surface area contributed by atoms with Gasteiger partial charge in [-0.2, -0.15) is 5.10 Å². The molecule has 0 aliphatic carbocycles. The Kier molecular flexibility index (Phi) is 6.24. The lowest BCUT2D eigenvalue weighted by Gasteiger charge is -2.07. The molecule has 26 heavy (non-hydrogen) atoms. The van der Waals surface area contributed by atoms with E-state index in [2.05, 4.69) is 36.7 Å². The first kappa shape index (κ1) is 18.4. The van der Waals surface area contributed by atoms with Gasteiger partial charge in [0.25, 0.3) is 5.91 Å². The number of nitrogens with one attached hydrogen (secondary N) is 1. The molecular weight excluding hydrogens is 418 g/mol. The summed E-state index contributed by atoms with van der Waals surface area (Å²) in [5.74, 6) is 1.31. The van der Waals surface area contributed by atoms with Crippen LogP contribution < -0.4 is 5.43 Å². The van der Waals surface area contributed by atoms with Crippen LogP contribution in [0.5, 0.6) is 0 Å². The van der Waals surface area contributed by atoms with Gasteiger partial charge in [-0.05, 0) is 31.2 Å². The average molecular weight is 434 g/mol. The van der Waals surface area contributed by atoms with Crippen molar-refractivity contribution in [1.82, 2.24) is 20.2 Å². The molecule has 0 saturated carbocycles. The van der Waals surface area contributed by atoms with Crippen molar-refractivity contribution in [1.29, 1.82) is 0 Å². The summed E-state index contributed by atoms with van der Waals surface area (Å²) in [6.45, 7) is 2.72. The van der Waals surface area contributed by atoms with Gasteiger partial charge in [0.1, 0.15) is 5.76 Å². The standard InChI is InChI=1S/C17H16BrN5O2S/c1-2-23-16(12-5-7-13(18)8-6-12)21-22-17(23)26-11-15(24)20-19-10-14-4-3-9-25-14/h3-10H,2,11H2,1H3,(H,20,24). The summed E-state index contributed by atoms with van der Waals surface area (Å²) < 4.78 is 8.08. The van der Waals surface area contributed by atoms with E-state index >= 15 is 0 Å². The quantitative estimate of drug-likeness (QED) is 0.349. The molecule has 2 aromatic heterocycles. The Labute approximate surface area is 163 Å². The van der Waals surface area contributed by atoms with Gasteiger partial charge in [-0.15, -0.1) is 10.2 Å². The van der Waals surface area contributed by atoms with E-state index in [1.165, 1.54) is 18.0 Å². The first-order chi connectivity index (χ1) is 12.7. The number of carbonyl (C=O) groups excluding carboxylic acids is 1. The Hall–Kier alpha value is -2.39. The highest BCUT2D eigenvalue weighted by Crippen LogP contribution is 2.25. The second-order valence-electron chi connectivity index (χ2n) is 5.15. The average Bonchev–Trinajstić information content (AvgIpc) is 3.30. The van der Waals surface area contributed by atoms with Gasteiger partial charge in [0.15, 0.2) is 11.0 Å². The number of aromatic nitrogens is 3. The van der Waals surface area contributed by atoms with Crippen LogP contribution in [0.25, 0.3) is 11.4 Å². The Balaban J connectivity index is 1.61. The van der Waals surface area contributed by atoms with E-state index in [-0.39, 0.29) is 11.7 Å². The zero-order chi connectivity index (χ0) is 18.4. The minimum atomic E-state index is -0.228. The number of thioether (sulfide) groups is 1. The third-order valence-electron chi connectivity index (χ3n) is 3.39. The number of benzene rings is 1. The zero-order valence-electron chi connectivity index (χ0n) is 13.9. The van der Waals surface area contributed by atoms with Gasteiger partial charge in [0.2, 0.25) is 0 Å². The third-order valence-corrected chi connectivity index (χ3v) is 4.89. The van der Waals surface area contributed by atoms with Crippen molar-refractivity contribution in [2.45, 2.75) is 18.6 Å². The fourth-order valence-corrected chi connectivity index (χ4v) is 3.25. The molecule has 1 N–H and O–H groups in total. The van der Waals surface area contributed by atoms with Crippen molar-refractivity contribution in [3.05, 3.63) is 52.9 Å². The Morgan fingerprint density at radius 3 is 2.85 bits per heavy atom. The van der Waals surface area contributed by atoms with Gasteiger partial charge in [-0.25, -0.2) is 5.43 Å². The first-order valence-corrected chi connectivity index (χ1v) is 9.62.